The quantitative estimate of drug-likeness (QED) is 0.593. The van der Waals surface area contributed by atoms with Crippen molar-refractivity contribution in [2.24, 2.45) is 5.92 Å². The van der Waals surface area contributed by atoms with Gasteiger partial charge in [-0.05, 0) is 12.0 Å². The maximum absolute atomic E-state index is 12.1. The average Bonchev–Trinajstić information content (AvgIpc) is 2.65. The SMILES string of the molecule is CC(C)CNC(=O)CSc1nc(CN2CCOCC2)nc2ccccc12. The normalized spacial score (nSPS) is 15.5. The summed E-state index contributed by atoms with van der Waals surface area (Å²) in [6.07, 6.45) is 0. The van der Waals surface area contributed by atoms with Crippen LogP contribution in [0.1, 0.15) is 19.7 Å². The highest BCUT2D eigenvalue weighted by Gasteiger charge is 2.15. The van der Waals surface area contributed by atoms with Gasteiger partial charge in [0.2, 0.25) is 5.91 Å². The number of morpholine rings is 1. The number of amides is 1. The summed E-state index contributed by atoms with van der Waals surface area (Å²) in [7, 11) is 0. The number of thioether (sulfide) groups is 1. The summed E-state index contributed by atoms with van der Waals surface area (Å²) in [5, 5.41) is 4.83. The van der Waals surface area contributed by atoms with Crippen LogP contribution in [0.2, 0.25) is 0 Å². The Morgan fingerprint density at radius 3 is 2.81 bits per heavy atom. The number of nitrogens with one attached hydrogen (secondary N) is 1. The zero-order valence-corrected chi connectivity index (χ0v) is 16.2. The lowest BCUT2D eigenvalue weighted by molar-refractivity contribution is -0.118. The highest BCUT2D eigenvalue weighted by atomic mass is 32.2. The number of nitrogens with zero attached hydrogens (tertiary/aromatic N) is 3. The third-order valence-electron chi connectivity index (χ3n) is 4.13. The Labute approximate surface area is 158 Å². The van der Waals surface area contributed by atoms with Crippen molar-refractivity contribution in [2.75, 3.05) is 38.6 Å². The maximum Gasteiger partial charge on any atom is 0.230 e. The van der Waals surface area contributed by atoms with Crippen LogP contribution in [-0.4, -0.2) is 59.4 Å². The van der Waals surface area contributed by atoms with E-state index in [0.29, 0.717) is 24.8 Å². The molecule has 1 aromatic carbocycles. The molecule has 140 valence electrons. The van der Waals surface area contributed by atoms with E-state index in [0.717, 1.165) is 48.1 Å². The van der Waals surface area contributed by atoms with Gasteiger partial charge in [-0.2, -0.15) is 0 Å². The number of aromatic nitrogens is 2. The van der Waals surface area contributed by atoms with Crippen LogP contribution in [0.15, 0.2) is 29.3 Å². The summed E-state index contributed by atoms with van der Waals surface area (Å²) < 4.78 is 5.40. The smallest absolute Gasteiger partial charge is 0.230 e. The molecule has 1 fully saturated rings. The van der Waals surface area contributed by atoms with E-state index in [2.05, 4.69) is 24.1 Å². The van der Waals surface area contributed by atoms with Gasteiger partial charge in [0, 0.05) is 25.0 Å². The van der Waals surface area contributed by atoms with Crippen LogP contribution >= 0.6 is 11.8 Å². The number of ether oxygens (including phenoxy) is 1. The molecule has 26 heavy (non-hydrogen) atoms. The number of benzene rings is 1. The molecule has 1 aromatic heterocycles. The van der Waals surface area contributed by atoms with E-state index < -0.39 is 0 Å². The van der Waals surface area contributed by atoms with E-state index in [-0.39, 0.29) is 5.91 Å². The Bertz CT molecular complexity index is 747. The number of para-hydroxylation sites is 1. The van der Waals surface area contributed by atoms with E-state index in [1.54, 1.807) is 0 Å². The van der Waals surface area contributed by atoms with E-state index >= 15 is 0 Å². The van der Waals surface area contributed by atoms with Crippen LogP contribution < -0.4 is 5.32 Å². The largest absolute Gasteiger partial charge is 0.379 e. The molecule has 0 atom stereocenters. The molecular weight excluding hydrogens is 348 g/mol. The third-order valence-corrected chi connectivity index (χ3v) is 5.12. The van der Waals surface area contributed by atoms with Crippen molar-refractivity contribution >= 4 is 28.6 Å². The lowest BCUT2D eigenvalue weighted by Gasteiger charge is -2.25. The predicted molar refractivity (Wildman–Crippen MR) is 104 cm³/mol. The van der Waals surface area contributed by atoms with Gasteiger partial charge in [-0.15, -0.1) is 0 Å². The monoisotopic (exact) mass is 374 g/mol. The molecule has 0 spiro atoms. The summed E-state index contributed by atoms with van der Waals surface area (Å²) >= 11 is 1.48. The molecule has 6 nitrogen and oxygen atoms in total. The molecular formula is C19H26N4O2S. The van der Waals surface area contributed by atoms with Gasteiger partial charge in [-0.3, -0.25) is 9.69 Å². The molecule has 1 saturated heterocycles. The molecule has 1 N–H and O–H groups in total. The lowest BCUT2D eigenvalue weighted by Crippen LogP contribution is -2.36. The van der Waals surface area contributed by atoms with Crippen molar-refractivity contribution < 1.29 is 9.53 Å². The van der Waals surface area contributed by atoms with Crippen molar-refractivity contribution in [2.45, 2.75) is 25.4 Å². The number of carbonyl (C=O) groups excluding carboxylic acids is 1. The van der Waals surface area contributed by atoms with E-state index in [4.69, 9.17) is 14.7 Å². The summed E-state index contributed by atoms with van der Waals surface area (Å²) in [5.74, 6) is 1.66. The fourth-order valence-corrected chi connectivity index (χ4v) is 3.60. The Kier molecular flexibility index (Phi) is 6.82. The highest BCUT2D eigenvalue weighted by Crippen LogP contribution is 2.25. The number of rotatable bonds is 7. The Hall–Kier alpha value is -1.70. The first-order chi connectivity index (χ1) is 12.6. The summed E-state index contributed by atoms with van der Waals surface area (Å²) in [5.41, 5.74) is 0.927. The molecule has 0 saturated carbocycles. The molecule has 1 aliphatic heterocycles. The van der Waals surface area contributed by atoms with Gasteiger partial charge in [-0.25, -0.2) is 9.97 Å². The molecule has 7 heteroatoms. The highest BCUT2D eigenvalue weighted by molar-refractivity contribution is 8.00. The first-order valence-electron chi connectivity index (χ1n) is 9.07. The number of hydrogen-bond acceptors (Lipinski definition) is 6. The second kappa shape index (κ2) is 9.30. The minimum atomic E-state index is 0.0427. The average molecular weight is 375 g/mol. The second-order valence-electron chi connectivity index (χ2n) is 6.84. The summed E-state index contributed by atoms with van der Waals surface area (Å²) in [6, 6.07) is 7.98. The molecule has 0 unspecified atom stereocenters. The zero-order chi connectivity index (χ0) is 18.4. The van der Waals surface area contributed by atoms with Crippen LogP contribution in [-0.2, 0) is 16.1 Å². The fraction of sp³-hybridized carbons (Fsp3) is 0.526. The molecule has 0 radical (unpaired) electrons. The molecule has 3 rings (SSSR count). The van der Waals surface area contributed by atoms with Crippen molar-refractivity contribution in [3.05, 3.63) is 30.1 Å². The minimum Gasteiger partial charge on any atom is -0.379 e. The first-order valence-corrected chi connectivity index (χ1v) is 10.1. The second-order valence-corrected chi connectivity index (χ2v) is 7.80. The number of fused-ring (bicyclic) bond motifs is 1. The molecule has 0 bridgehead atoms. The molecule has 1 aliphatic rings. The Morgan fingerprint density at radius 2 is 2.04 bits per heavy atom. The van der Waals surface area contributed by atoms with E-state index in [9.17, 15) is 4.79 Å². The Balaban J connectivity index is 1.73. The van der Waals surface area contributed by atoms with Crippen molar-refractivity contribution in [1.29, 1.82) is 0 Å². The van der Waals surface area contributed by atoms with Gasteiger partial charge in [0.15, 0.2) is 0 Å². The summed E-state index contributed by atoms with van der Waals surface area (Å²) in [4.78, 5) is 23.8. The first kappa shape index (κ1) is 19.1. The van der Waals surface area contributed by atoms with Crippen molar-refractivity contribution in [3.8, 4) is 0 Å². The van der Waals surface area contributed by atoms with Gasteiger partial charge < -0.3 is 10.1 Å². The third kappa shape index (κ3) is 5.40. The van der Waals surface area contributed by atoms with Crippen LogP contribution in [0.5, 0.6) is 0 Å². The van der Waals surface area contributed by atoms with Crippen LogP contribution in [0, 0.1) is 5.92 Å². The lowest BCUT2D eigenvalue weighted by atomic mass is 10.2. The molecule has 1 amide bonds. The van der Waals surface area contributed by atoms with Crippen LogP contribution in [0.25, 0.3) is 10.9 Å². The van der Waals surface area contributed by atoms with Gasteiger partial charge in [0.25, 0.3) is 0 Å². The van der Waals surface area contributed by atoms with Crippen LogP contribution in [0.4, 0.5) is 0 Å². The minimum absolute atomic E-state index is 0.0427. The predicted octanol–water partition coefficient (Wildman–Crippen LogP) is 2.33. The van der Waals surface area contributed by atoms with Crippen molar-refractivity contribution in [1.82, 2.24) is 20.2 Å². The van der Waals surface area contributed by atoms with Gasteiger partial charge in [-0.1, -0.05) is 43.8 Å². The fourth-order valence-electron chi connectivity index (χ4n) is 2.74. The van der Waals surface area contributed by atoms with Gasteiger partial charge in [0.05, 0.1) is 31.0 Å². The topological polar surface area (TPSA) is 67.4 Å². The van der Waals surface area contributed by atoms with Crippen molar-refractivity contribution in [3.63, 3.8) is 0 Å². The summed E-state index contributed by atoms with van der Waals surface area (Å²) in [6.45, 7) is 8.89. The standard InChI is InChI=1S/C19H26N4O2S/c1-14(2)11-20-18(24)13-26-19-15-5-3-4-6-16(15)21-17(22-19)12-23-7-9-25-10-8-23/h3-6,14H,7-13H2,1-2H3,(H,20,24). The molecule has 2 aromatic rings. The zero-order valence-electron chi connectivity index (χ0n) is 15.4. The number of carbonyl (C=O) groups is 1. The number of hydrogen-bond donors (Lipinski definition) is 1. The van der Waals surface area contributed by atoms with Gasteiger partial charge in [0.1, 0.15) is 10.9 Å². The Morgan fingerprint density at radius 1 is 1.27 bits per heavy atom. The van der Waals surface area contributed by atoms with Crippen LogP contribution in [0.3, 0.4) is 0 Å². The molecule has 2 heterocycles. The molecule has 0 aliphatic carbocycles. The van der Waals surface area contributed by atoms with Gasteiger partial charge >= 0.3 is 0 Å². The van der Waals surface area contributed by atoms with E-state index in [1.165, 1.54) is 11.8 Å². The van der Waals surface area contributed by atoms with E-state index in [1.807, 2.05) is 24.3 Å². The maximum atomic E-state index is 12.1.